The van der Waals surface area contributed by atoms with E-state index in [2.05, 4.69) is 5.32 Å². The van der Waals surface area contributed by atoms with Crippen molar-refractivity contribution >= 4 is 32.5 Å². The average Bonchev–Trinajstić information content (AvgIpc) is 2.95. The minimum absolute atomic E-state index is 0.0240. The Bertz CT molecular complexity index is 1250. The van der Waals surface area contributed by atoms with Gasteiger partial charge in [0.2, 0.25) is 0 Å². The van der Waals surface area contributed by atoms with Crippen molar-refractivity contribution in [1.82, 2.24) is 9.13 Å². The Morgan fingerprint density at radius 1 is 1.00 bits per heavy atom. The number of nitrogens with one attached hydrogen (secondary N) is 1. The van der Waals surface area contributed by atoms with Gasteiger partial charge in [0.1, 0.15) is 0 Å². The maximum Gasteiger partial charge on any atom is 0.328 e. The van der Waals surface area contributed by atoms with Crippen LogP contribution < -0.4 is 11.0 Å². The van der Waals surface area contributed by atoms with E-state index in [1.54, 1.807) is 32.3 Å². The summed E-state index contributed by atoms with van der Waals surface area (Å²) in [5.41, 5.74) is 2.52. The van der Waals surface area contributed by atoms with E-state index < -0.39 is 15.7 Å². The second-order valence-corrected chi connectivity index (χ2v) is 9.49. The van der Waals surface area contributed by atoms with Crippen molar-refractivity contribution in [2.45, 2.75) is 38.0 Å². The van der Waals surface area contributed by atoms with Crippen LogP contribution in [0, 0.1) is 0 Å². The number of hydrogen-bond acceptors (Lipinski definition) is 4. The minimum atomic E-state index is -3.64. The van der Waals surface area contributed by atoms with Crippen LogP contribution >= 0.6 is 0 Å². The van der Waals surface area contributed by atoms with E-state index in [9.17, 15) is 18.0 Å². The number of nitrogens with zero attached hydrogens (tertiary/aromatic N) is 2. The summed E-state index contributed by atoms with van der Waals surface area (Å²) < 4.78 is 28.9. The highest BCUT2D eigenvalue weighted by molar-refractivity contribution is 7.91. The van der Waals surface area contributed by atoms with Gasteiger partial charge in [-0.3, -0.25) is 13.9 Å². The number of aromatic nitrogens is 2. The van der Waals surface area contributed by atoms with Gasteiger partial charge in [-0.25, -0.2) is 13.2 Å². The number of aryl methyl sites for hydroxylation is 3. The maximum absolute atomic E-state index is 13.0. The first-order chi connectivity index (χ1) is 14.2. The van der Waals surface area contributed by atoms with Crippen LogP contribution in [0.25, 0.3) is 11.0 Å². The van der Waals surface area contributed by atoms with Crippen LogP contribution in [0.5, 0.6) is 0 Å². The van der Waals surface area contributed by atoms with Gasteiger partial charge in [0.25, 0.3) is 5.91 Å². The Morgan fingerprint density at radius 2 is 1.60 bits per heavy atom. The molecule has 0 aliphatic carbocycles. The number of sulfone groups is 1. The molecule has 0 aliphatic heterocycles. The lowest BCUT2D eigenvalue weighted by molar-refractivity contribution is 0.102. The summed E-state index contributed by atoms with van der Waals surface area (Å²) in [5, 5.41) is 2.75. The van der Waals surface area contributed by atoms with Gasteiger partial charge in [0, 0.05) is 19.7 Å². The van der Waals surface area contributed by atoms with Gasteiger partial charge in [0.15, 0.2) is 9.84 Å². The summed E-state index contributed by atoms with van der Waals surface area (Å²) in [6.07, 6.45) is 2.11. The molecule has 0 atom stereocenters. The molecule has 2 aromatic carbocycles. The third-order valence-corrected chi connectivity index (χ3v) is 7.18. The molecular formula is C22H27N3O4S. The molecule has 0 spiro atoms. The third kappa shape index (κ3) is 4.05. The number of unbranched alkanes of at least 4 members (excludes halogenated alkanes) is 1. The van der Waals surface area contributed by atoms with Gasteiger partial charge in [-0.15, -0.1) is 0 Å². The van der Waals surface area contributed by atoms with Crippen LogP contribution in [0.15, 0.2) is 46.1 Å². The van der Waals surface area contributed by atoms with Gasteiger partial charge in [-0.05, 0) is 42.7 Å². The van der Waals surface area contributed by atoms with Crippen molar-refractivity contribution in [3.63, 3.8) is 0 Å². The number of hydrogen-bond donors (Lipinski definition) is 1. The quantitative estimate of drug-likeness (QED) is 0.624. The molecule has 7 nitrogen and oxygen atoms in total. The van der Waals surface area contributed by atoms with E-state index >= 15 is 0 Å². The molecule has 1 heterocycles. The molecule has 160 valence electrons. The predicted octanol–water partition coefficient (Wildman–Crippen LogP) is 3.27. The summed E-state index contributed by atoms with van der Waals surface area (Å²) >= 11 is 0. The lowest BCUT2D eigenvalue weighted by Crippen LogP contribution is -2.19. The van der Waals surface area contributed by atoms with Gasteiger partial charge >= 0.3 is 5.69 Å². The fourth-order valence-electron chi connectivity index (χ4n) is 3.41. The van der Waals surface area contributed by atoms with Crippen LogP contribution in [0.4, 0.5) is 5.69 Å². The SMILES string of the molecule is CCCCS(=O)(=O)c1cc2c(cc1NC(=O)c1ccc(CC)cc1)n(C)c(=O)n2C. The van der Waals surface area contributed by atoms with Gasteiger partial charge in [-0.1, -0.05) is 32.4 Å². The molecule has 0 bridgehead atoms. The molecule has 8 heteroatoms. The zero-order valence-corrected chi connectivity index (χ0v) is 18.5. The van der Waals surface area contributed by atoms with Crippen molar-refractivity contribution < 1.29 is 13.2 Å². The Labute approximate surface area is 176 Å². The Hall–Kier alpha value is -2.87. The highest BCUT2D eigenvalue weighted by Gasteiger charge is 2.23. The zero-order valence-electron chi connectivity index (χ0n) is 17.7. The highest BCUT2D eigenvalue weighted by atomic mass is 32.2. The smallest absolute Gasteiger partial charge is 0.321 e. The first kappa shape index (κ1) is 21.8. The van der Waals surface area contributed by atoms with Crippen LogP contribution in [-0.2, 0) is 30.4 Å². The van der Waals surface area contributed by atoms with Crippen molar-refractivity contribution in [2.75, 3.05) is 11.1 Å². The fourth-order valence-corrected chi connectivity index (χ4v) is 5.04. The van der Waals surface area contributed by atoms with Crippen LogP contribution in [0.1, 0.15) is 42.6 Å². The van der Waals surface area contributed by atoms with E-state index in [4.69, 9.17) is 0 Å². The molecule has 1 aromatic heterocycles. The standard InChI is InChI=1S/C22H27N3O4S/c1-5-7-12-30(28,29)20-14-19-18(24(3)22(27)25(19)4)13-17(20)23-21(26)16-10-8-15(6-2)9-11-16/h8-11,13-14H,5-7,12H2,1-4H3,(H,23,26). The zero-order chi connectivity index (χ0) is 22.1. The molecule has 0 fully saturated rings. The molecule has 30 heavy (non-hydrogen) atoms. The summed E-state index contributed by atoms with van der Waals surface area (Å²) in [4.78, 5) is 25.2. The summed E-state index contributed by atoms with van der Waals surface area (Å²) in [6.45, 7) is 3.95. The molecule has 0 saturated carbocycles. The van der Waals surface area contributed by atoms with Gasteiger partial charge < -0.3 is 5.32 Å². The van der Waals surface area contributed by atoms with E-state index in [0.29, 0.717) is 23.0 Å². The van der Waals surface area contributed by atoms with Crippen molar-refractivity contribution in [3.8, 4) is 0 Å². The monoisotopic (exact) mass is 429 g/mol. The van der Waals surface area contributed by atoms with Crippen molar-refractivity contribution in [2.24, 2.45) is 14.1 Å². The number of carbonyl (C=O) groups is 1. The maximum atomic E-state index is 13.0. The van der Waals surface area contributed by atoms with Crippen LogP contribution in [-0.4, -0.2) is 29.2 Å². The molecule has 1 amide bonds. The second-order valence-electron chi connectivity index (χ2n) is 7.41. The molecule has 0 unspecified atom stereocenters. The number of imidazole rings is 1. The topological polar surface area (TPSA) is 90.2 Å². The predicted molar refractivity (Wildman–Crippen MR) is 119 cm³/mol. The lowest BCUT2D eigenvalue weighted by atomic mass is 10.1. The molecule has 0 aliphatic rings. The minimum Gasteiger partial charge on any atom is -0.321 e. The van der Waals surface area contributed by atoms with E-state index in [0.717, 1.165) is 18.4 Å². The van der Waals surface area contributed by atoms with Gasteiger partial charge in [0.05, 0.1) is 27.4 Å². The van der Waals surface area contributed by atoms with Crippen molar-refractivity contribution in [1.29, 1.82) is 0 Å². The largest absolute Gasteiger partial charge is 0.328 e. The Kier molecular flexibility index (Phi) is 6.17. The third-order valence-electron chi connectivity index (χ3n) is 5.35. The van der Waals surface area contributed by atoms with E-state index in [-0.39, 0.29) is 22.0 Å². The average molecular weight is 430 g/mol. The van der Waals surface area contributed by atoms with Crippen LogP contribution in [0.2, 0.25) is 0 Å². The molecule has 0 radical (unpaired) electrons. The van der Waals surface area contributed by atoms with Crippen molar-refractivity contribution in [3.05, 3.63) is 58.0 Å². The van der Waals surface area contributed by atoms with E-state index in [1.807, 2.05) is 26.0 Å². The summed E-state index contributed by atoms with van der Waals surface area (Å²) in [5.74, 6) is -0.422. The Morgan fingerprint density at radius 3 is 2.17 bits per heavy atom. The number of carbonyl (C=O) groups excluding carboxylic acids is 1. The number of rotatable bonds is 7. The number of fused-ring (bicyclic) bond motifs is 1. The number of anilines is 1. The molecule has 1 N–H and O–H groups in total. The van der Waals surface area contributed by atoms with E-state index in [1.165, 1.54) is 15.2 Å². The number of amides is 1. The number of benzene rings is 2. The fraction of sp³-hybridized carbons (Fsp3) is 0.364. The van der Waals surface area contributed by atoms with Crippen LogP contribution in [0.3, 0.4) is 0 Å². The molecule has 3 aromatic rings. The normalized spacial score (nSPS) is 11.7. The first-order valence-electron chi connectivity index (χ1n) is 10.0. The highest BCUT2D eigenvalue weighted by Crippen LogP contribution is 2.29. The summed E-state index contributed by atoms with van der Waals surface area (Å²) in [7, 11) is -0.429. The van der Waals surface area contributed by atoms with Gasteiger partial charge in [-0.2, -0.15) is 0 Å². The second kappa shape index (κ2) is 8.47. The molecular weight excluding hydrogens is 402 g/mol. The molecule has 3 rings (SSSR count). The summed E-state index contributed by atoms with van der Waals surface area (Å²) in [6, 6.07) is 10.2. The first-order valence-corrected chi connectivity index (χ1v) is 11.7. The Balaban J connectivity index is 2.12. The lowest BCUT2D eigenvalue weighted by Gasteiger charge is -2.13. The molecule has 0 saturated heterocycles.